The van der Waals surface area contributed by atoms with E-state index in [1.165, 1.54) is 33.1 Å². The summed E-state index contributed by atoms with van der Waals surface area (Å²) in [5.74, 6) is -2.91. The van der Waals surface area contributed by atoms with Crippen molar-refractivity contribution in [2.45, 2.75) is 89.2 Å². The molecule has 7 unspecified atom stereocenters. The van der Waals surface area contributed by atoms with Gasteiger partial charge in [-0.05, 0) is 60.2 Å². The summed E-state index contributed by atoms with van der Waals surface area (Å²) >= 11 is 0. The van der Waals surface area contributed by atoms with Crippen LogP contribution in [-0.4, -0.2) is 149 Å². The van der Waals surface area contributed by atoms with E-state index < -0.39 is 90.8 Å². The fourth-order valence-electron chi connectivity index (χ4n) is 8.74. The van der Waals surface area contributed by atoms with Crippen molar-refractivity contribution in [1.29, 1.82) is 0 Å². The lowest BCUT2D eigenvalue weighted by Crippen LogP contribution is -2.63. The lowest BCUT2D eigenvalue weighted by atomic mass is 9.66. The summed E-state index contributed by atoms with van der Waals surface area (Å²) in [5.41, 5.74) is 1.74. The molecule has 3 fully saturated rings. The van der Waals surface area contributed by atoms with Gasteiger partial charge in [-0.2, -0.15) is 0 Å². The number of methoxy groups -OCH3 is 2. The van der Waals surface area contributed by atoms with Crippen LogP contribution in [0.1, 0.15) is 62.8 Å². The summed E-state index contributed by atoms with van der Waals surface area (Å²) in [7, 11) is 4.24. The van der Waals surface area contributed by atoms with Crippen molar-refractivity contribution in [3.05, 3.63) is 41.0 Å². The van der Waals surface area contributed by atoms with Gasteiger partial charge in [0.15, 0.2) is 35.6 Å². The number of carbonyl (C=O) groups is 5. The van der Waals surface area contributed by atoms with E-state index in [2.05, 4.69) is 16.0 Å². The molecule has 21 nitrogen and oxygen atoms in total. The Hall–Kier alpha value is -5.45. The van der Waals surface area contributed by atoms with Crippen LogP contribution >= 0.6 is 0 Å². The van der Waals surface area contributed by atoms with E-state index in [0.29, 0.717) is 34.6 Å². The second kappa shape index (κ2) is 19.7. The van der Waals surface area contributed by atoms with Crippen molar-refractivity contribution in [1.82, 2.24) is 20.9 Å². The fourth-order valence-corrected chi connectivity index (χ4v) is 8.74. The minimum absolute atomic E-state index is 0.0210. The van der Waals surface area contributed by atoms with E-state index in [1.807, 2.05) is 13.8 Å². The molecule has 1 aliphatic carbocycles. The molecule has 0 aromatic heterocycles. The van der Waals surface area contributed by atoms with Gasteiger partial charge in [-0.15, -0.1) is 0 Å². The Morgan fingerprint density at radius 1 is 0.922 bits per heavy atom. The average molecular weight is 901 g/mol. The predicted octanol–water partition coefficient (Wildman–Crippen LogP) is 0.847. The summed E-state index contributed by atoms with van der Waals surface area (Å²) in [6, 6.07) is 6.01. The highest BCUT2D eigenvalue weighted by Crippen LogP contribution is 2.57. The largest absolute Gasteiger partial charge is 0.493 e. The van der Waals surface area contributed by atoms with Gasteiger partial charge in [0.1, 0.15) is 30.5 Å². The van der Waals surface area contributed by atoms with Gasteiger partial charge >= 0.3 is 12.1 Å². The molecule has 4 amide bonds. The Kier molecular flexibility index (Phi) is 14.4. The van der Waals surface area contributed by atoms with Crippen LogP contribution in [0.2, 0.25) is 0 Å². The molecule has 350 valence electrons. The first-order valence-electron chi connectivity index (χ1n) is 21.1. The summed E-state index contributed by atoms with van der Waals surface area (Å²) in [6.45, 7) is 6.54. The summed E-state index contributed by atoms with van der Waals surface area (Å²) in [4.78, 5) is 65.2. The van der Waals surface area contributed by atoms with Crippen molar-refractivity contribution in [3.63, 3.8) is 0 Å². The molecular formula is C43H56N4O17. The molecule has 2 aromatic rings. The molecule has 4 heterocycles. The number of cyclic esters (lactones) is 1. The minimum Gasteiger partial charge on any atom is -0.493 e. The topological polar surface area (TPSA) is 257 Å². The SMILES string of the molecule is COc1cc([C@@H]2c3cc4c(cc3[C@@H](OC3OC5COC(C)OC5C(O)C3O)[C@H]3COC(=O)[C@H]23)OCO4)cc(OC)c1OC(=O)N(C)CCNC(=O)CNC(=O)C(CC(C)C)NC(C)=O. The second-order valence-corrected chi connectivity index (χ2v) is 16.7. The smallest absolute Gasteiger partial charge is 0.415 e. The zero-order valence-electron chi connectivity index (χ0n) is 36.7. The highest BCUT2D eigenvalue weighted by molar-refractivity contribution is 5.90. The third kappa shape index (κ3) is 9.78. The zero-order chi connectivity index (χ0) is 46.0. The van der Waals surface area contributed by atoms with E-state index in [0.717, 1.165) is 0 Å². The maximum absolute atomic E-state index is 13.8. The third-order valence-corrected chi connectivity index (χ3v) is 11.8. The van der Waals surface area contributed by atoms with E-state index >= 15 is 0 Å². The van der Waals surface area contributed by atoms with Crippen molar-refractivity contribution in [2.24, 2.45) is 17.8 Å². The number of aliphatic hydroxyl groups excluding tert-OH is 2. The number of hydrogen-bond acceptors (Lipinski definition) is 17. The zero-order valence-corrected chi connectivity index (χ0v) is 36.7. The number of carbonyl (C=O) groups excluding carboxylic acids is 5. The molecule has 3 saturated heterocycles. The first-order valence-corrected chi connectivity index (χ1v) is 21.1. The standard InChI is InChI=1S/C43H56N4O17/c1-19(2)10-26(46-20(3)48)40(52)45-15-32(49)44-8-9-47(5)43(54)64-38-29(55-6)11-22(12-30(38)56-7)33-23-13-27-28(60-18-59-27)14-24(23)37(25-16-58-41(53)34(25)33)63-42-36(51)35(50)39-31(62-42)17-57-21(4)61-39/h11-14,19,21,25-26,31,33-37,39,42,50-51H,8-10,15-18H2,1-7H3,(H,44,49)(H,45,52)(H,46,48)/t21?,25-,26?,31?,33+,34-,35?,36?,37+,39?,42?/m0/s1. The average Bonchev–Trinajstić information content (AvgIpc) is 3.89. The highest BCUT2D eigenvalue weighted by atomic mass is 16.8. The number of benzene rings is 2. The number of nitrogens with zero attached hydrogens (tertiary/aromatic N) is 1. The number of ether oxygens (including phenoxy) is 10. The highest BCUT2D eigenvalue weighted by Gasteiger charge is 2.56. The predicted molar refractivity (Wildman–Crippen MR) is 218 cm³/mol. The van der Waals surface area contributed by atoms with Crippen LogP contribution in [0.25, 0.3) is 0 Å². The molecule has 21 heteroatoms. The lowest BCUT2D eigenvalue weighted by Gasteiger charge is -2.47. The van der Waals surface area contributed by atoms with Gasteiger partial charge in [0, 0.05) is 38.9 Å². The second-order valence-electron chi connectivity index (χ2n) is 16.7. The minimum atomic E-state index is -1.51. The van der Waals surface area contributed by atoms with Gasteiger partial charge in [-0.1, -0.05) is 13.8 Å². The molecule has 4 aliphatic heterocycles. The number of fused-ring (bicyclic) bond motifs is 4. The Morgan fingerprint density at radius 3 is 2.27 bits per heavy atom. The van der Waals surface area contributed by atoms with Gasteiger partial charge in [0.05, 0.1) is 46.0 Å². The first kappa shape index (κ1) is 46.5. The third-order valence-electron chi connectivity index (χ3n) is 11.8. The maximum Gasteiger partial charge on any atom is 0.415 e. The quantitative estimate of drug-likeness (QED) is 0.155. The van der Waals surface area contributed by atoms with E-state index in [9.17, 15) is 34.2 Å². The van der Waals surface area contributed by atoms with Crippen molar-refractivity contribution < 1.29 is 81.6 Å². The van der Waals surface area contributed by atoms with Gasteiger partial charge in [0.25, 0.3) is 0 Å². The molecule has 5 aliphatic rings. The fraction of sp³-hybridized carbons (Fsp3) is 0.605. The number of likely N-dealkylation sites (N-methyl/N-ethyl adjacent to an activating group) is 1. The number of esters is 1. The van der Waals surface area contributed by atoms with Crippen molar-refractivity contribution in [2.75, 3.05) is 60.9 Å². The summed E-state index contributed by atoms with van der Waals surface area (Å²) < 4.78 is 58.5. The first-order chi connectivity index (χ1) is 30.6. The van der Waals surface area contributed by atoms with Gasteiger partial charge in [-0.25, -0.2) is 4.79 Å². The molecule has 64 heavy (non-hydrogen) atoms. The maximum atomic E-state index is 13.8. The Labute approximate surface area is 369 Å². The van der Waals surface area contributed by atoms with Crippen molar-refractivity contribution >= 4 is 29.8 Å². The van der Waals surface area contributed by atoms with Crippen molar-refractivity contribution in [3.8, 4) is 28.7 Å². The van der Waals surface area contributed by atoms with Crippen LogP contribution < -0.4 is 39.6 Å². The Morgan fingerprint density at radius 2 is 1.61 bits per heavy atom. The number of rotatable bonds is 15. The van der Waals surface area contributed by atoms with Crippen LogP contribution in [0.3, 0.4) is 0 Å². The van der Waals surface area contributed by atoms with Crippen LogP contribution in [0, 0.1) is 17.8 Å². The lowest BCUT2D eigenvalue weighted by molar-refractivity contribution is -0.364. The molecule has 0 spiro atoms. The molecule has 7 rings (SSSR count). The van der Waals surface area contributed by atoms with Crippen LogP contribution in [0.4, 0.5) is 4.79 Å². The summed E-state index contributed by atoms with van der Waals surface area (Å²) in [5, 5.41) is 30.1. The number of amides is 4. The number of hydrogen-bond donors (Lipinski definition) is 5. The molecule has 0 radical (unpaired) electrons. The Balaban J connectivity index is 1.08. The monoisotopic (exact) mass is 900 g/mol. The van der Waals surface area contributed by atoms with E-state index in [-0.39, 0.29) is 68.7 Å². The van der Waals surface area contributed by atoms with Crippen LogP contribution in [0.15, 0.2) is 24.3 Å². The van der Waals surface area contributed by atoms with E-state index in [1.54, 1.807) is 31.2 Å². The Bertz CT molecular complexity index is 2060. The number of aliphatic hydroxyl groups is 2. The normalized spacial score (nSPS) is 28.1. The molecule has 0 saturated carbocycles. The van der Waals surface area contributed by atoms with Crippen LogP contribution in [-0.2, 0) is 42.9 Å². The van der Waals surface area contributed by atoms with Gasteiger partial charge < -0.3 is 78.4 Å². The summed E-state index contributed by atoms with van der Waals surface area (Å²) in [6.07, 6.45) is -7.71. The molecule has 11 atom stereocenters. The van der Waals surface area contributed by atoms with Gasteiger partial charge in [-0.3, -0.25) is 19.2 Å². The van der Waals surface area contributed by atoms with Gasteiger partial charge in [0.2, 0.25) is 30.3 Å². The molecular weight excluding hydrogens is 844 g/mol. The molecule has 2 aromatic carbocycles. The molecule has 0 bridgehead atoms. The van der Waals surface area contributed by atoms with Crippen LogP contribution in [0.5, 0.6) is 28.7 Å². The van der Waals surface area contributed by atoms with E-state index in [4.69, 9.17) is 47.4 Å². The molecule has 5 N–H and O–H groups in total. The number of nitrogens with one attached hydrogen (secondary N) is 3.